The molecule has 2 aromatic heterocycles. The summed E-state index contributed by atoms with van der Waals surface area (Å²) in [7, 11) is 5.89. The van der Waals surface area contributed by atoms with Crippen LogP contribution in [0, 0.1) is 5.92 Å². The Hall–Kier alpha value is -3.48. The highest BCUT2D eigenvalue weighted by atomic mass is 127. The van der Waals surface area contributed by atoms with Gasteiger partial charge in [-0.05, 0) is 59.2 Å². The van der Waals surface area contributed by atoms with E-state index in [1.165, 1.54) is 28.4 Å². The van der Waals surface area contributed by atoms with E-state index >= 15 is 0 Å². The van der Waals surface area contributed by atoms with Crippen LogP contribution in [0.1, 0.15) is 56.8 Å². The van der Waals surface area contributed by atoms with Gasteiger partial charge in [-0.1, -0.05) is 6.92 Å². The smallest absolute Gasteiger partial charge is 0.354 e. The molecule has 3 atom stereocenters. The summed E-state index contributed by atoms with van der Waals surface area (Å²) in [5.74, 6) is 0.364. The number of aromatic amines is 2. The van der Waals surface area contributed by atoms with Crippen molar-refractivity contribution in [3.05, 3.63) is 52.6 Å². The zero-order valence-electron chi connectivity index (χ0n) is 21.9. The molecule has 38 heavy (non-hydrogen) atoms. The Morgan fingerprint density at radius 3 is 2.37 bits per heavy atom. The molecule has 1 aliphatic carbocycles. The van der Waals surface area contributed by atoms with E-state index in [-0.39, 0.29) is 29.1 Å². The number of Topliss-reactive ketones (excluding diaryl/α,β-unsaturated/α-hetero) is 1. The van der Waals surface area contributed by atoms with Gasteiger partial charge in [0.1, 0.15) is 5.69 Å². The number of fused-ring (bicyclic) bond motifs is 4. The van der Waals surface area contributed by atoms with Gasteiger partial charge in [-0.25, -0.2) is 4.79 Å². The minimum Gasteiger partial charge on any atom is -0.493 e. The van der Waals surface area contributed by atoms with Crippen LogP contribution < -0.4 is 14.2 Å². The second kappa shape index (κ2) is 9.37. The molecule has 2 N–H and O–H groups in total. The lowest BCUT2D eigenvalue weighted by Crippen LogP contribution is -2.46. The average molecular weight is 633 g/mol. The number of esters is 1. The Kier molecular flexibility index (Phi) is 6.44. The summed E-state index contributed by atoms with van der Waals surface area (Å²) in [6, 6.07) is 5.24. The highest BCUT2D eigenvalue weighted by Gasteiger charge is 2.49. The Morgan fingerprint density at radius 1 is 1.03 bits per heavy atom. The van der Waals surface area contributed by atoms with Crippen molar-refractivity contribution in [2.45, 2.75) is 23.3 Å². The van der Waals surface area contributed by atoms with Gasteiger partial charge >= 0.3 is 5.97 Å². The molecular weight excluding hydrogens is 605 g/mol. The van der Waals surface area contributed by atoms with Crippen molar-refractivity contribution in [3.8, 4) is 17.2 Å². The predicted molar refractivity (Wildman–Crippen MR) is 148 cm³/mol. The molecule has 1 aliphatic heterocycles. The van der Waals surface area contributed by atoms with E-state index in [1.54, 1.807) is 24.3 Å². The van der Waals surface area contributed by atoms with Gasteiger partial charge in [0, 0.05) is 29.6 Å². The lowest BCUT2D eigenvalue weighted by molar-refractivity contribution is 0.0594. The summed E-state index contributed by atoms with van der Waals surface area (Å²) in [5.41, 5.74) is 3.13. The number of hydrogen-bond acceptors (Lipinski definition) is 8. The minimum atomic E-state index is -1.02. The van der Waals surface area contributed by atoms with Crippen molar-refractivity contribution in [3.63, 3.8) is 0 Å². The number of H-pyrrole nitrogens is 2. The van der Waals surface area contributed by atoms with E-state index in [0.29, 0.717) is 40.7 Å². The van der Waals surface area contributed by atoms with Gasteiger partial charge in [0.25, 0.3) is 0 Å². The topological polar surface area (TPSA) is 123 Å². The van der Waals surface area contributed by atoms with Crippen LogP contribution in [0.25, 0.3) is 10.9 Å². The average Bonchev–Trinajstić information content (AvgIpc) is 3.61. The van der Waals surface area contributed by atoms with Gasteiger partial charge in [-0.3, -0.25) is 9.59 Å². The maximum atomic E-state index is 14.0. The third kappa shape index (κ3) is 3.77. The molecule has 0 radical (unpaired) electrons. The van der Waals surface area contributed by atoms with Gasteiger partial charge in [0.05, 0.1) is 45.3 Å². The molecule has 0 spiro atoms. The highest BCUT2D eigenvalue weighted by molar-refractivity contribution is 14.1. The third-order valence-electron chi connectivity index (χ3n) is 7.37. The van der Waals surface area contributed by atoms with Crippen LogP contribution in [0.3, 0.4) is 0 Å². The number of carbonyl (C=O) groups excluding carboxylic acids is 3. The molecule has 200 valence electrons. The normalized spacial score (nSPS) is 19.9. The summed E-state index contributed by atoms with van der Waals surface area (Å²) in [5, 5.41) is 0.738. The van der Waals surface area contributed by atoms with E-state index in [9.17, 15) is 14.4 Å². The summed E-state index contributed by atoms with van der Waals surface area (Å²) in [6.07, 6.45) is 1.57. The molecule has 10 nitrogen and oxygen atoms in total. The number of likely N-dealkylation sites (tertiary alicyclic amines) is 1. The summed E-state index contributed by atoms with van der Waals surface area (Å²) in [6.45, 7) is 4.47. The van der Waals surface area contributed by atoms with Crippen LogP contribution >= 0.6 is 22.6 Å². The third-order valence-corrected chi connectivity index (χ3v) is 8.44. The number of alkyl halides is 1. The molecule has 1 saturated heterocycles. The summed E-state index contributed by atoms with van der Waals surface area (Å²) < 4.78 is 20.3. The van der Waals surface area contributed by atoms with Crippen LogP contribution in [0.2, 0.25) is 0 Å². The Balaban J connectivity index is 1.53. The number of rotatable bonds is 7. The van der Waals surface area contributed by atoms with E-state index in [4.69, 9.17) is 18.9 Å². The number of carbonyl (C=O) groups is 3. The molecule has 1 aromatic carbocycles. The van der Waals surface area contributed by atoms with Gasteiger partial charge in [0.15, 0.2) is 15.0 Å². The molecule has 2 aliphatic rings. The second-order valence-electron chi connectivity index (χ2n) is 9.58. The standard InChI is InChI=1S/C27H28IN3O7/c1-12-11-31(17-10-18(32)22-14(20(12)17)9-16(30-22)26(34)38-6)27(2,28)25(33)15-7-13-8-19(35-3)23(36-4)24(37-5)21(13)29-15/h7-10,12,20,29-30H,11H2,1-6H3/t12-,20?,27-/m1/s1. The van der Waals surface area contributed by atoms with E-state index in [0.717, 1.165) is 16.6 Å². The van der Waals surface area contributed by atoms with E-state index in [2.05, 4.69) is 39.5 Å². The highest BCUT2D eigenvalue weighted by Crippen LogP contribution is 2.50. The maximum Gasteiger partial charge on any atom is 0.354 e. The molecule has 11 heteroatoms. The number of ether oxygens (including phenoxy) is 4. The number of benzene rings is 1. The van der Waals surface area contributed by atoms with Crippen LogP contribution in [0.5, 0.6) is 17.2 Å². The predicted octanol–water partition coefficient (Wildman–Crippen LogP) is 4.46. The van der Waals surface area contributed by atoms with Gasteiger partial charge in [0.2, 0.25) is 17.3 Å². The van der Waals surface area contributed by atoms with Crippen molar-refractivity contribution in [1.29, 1.82) is 0 Å². The Morgan fingerprint density at radius 2 is 1.74 bits per heavy atom. The molecular formula is C27H28IN3O7. The fourth-order valence-electron chi connectivity index (χ4n) is 5.59. The van der Waals surface area contributed by atoms with Gasteiger partial charge in [-0.2, -0.15) is 0 Å². The first-order chi connectivity index (χ1) is 18.1. The van der Waals surface area contributed by atoms with Crippen molar-refractivity contribution in [2.24, 2.45) is 5.92 Å². The van der Waals surface area contributed by atoms with Crippen LogP contribution in [-0.2, 0) is 4.74 Å². The number of nitrogens with zero attached hydrogens (tertiary/aromatic N) is 1. The van der Waals surface area contributed by atoms with Crippen molar-refractivity contribution in [1.82, 2.24) is 14.9 Å². The first-order valence-corrected chi connectivity index (χ1v) is 13.0. The Labute approximate surface area is 232 Å². The molecule has 0 amide bonds. The zero-order valence-corrected chi connectivity index (χ0v) is 24.0. The molecule has 3 aromatic rings. The largest absolute Gasteiger partial charge is 0.493 e. The number of aromatic nitrogens is 2. The lowest BCUT2D eigenvalue weighted by Gasteiger charge is -2.36. The van der Waals surface area contributed by atoms with Crippen molar-refractivity contribution in [2.75, 3.05) is 35.0 Å². The second-order valence-corrected chi connectivity index (χ2v) is 11.7. The fourth-order valence-corrected chi connectivity index (χ4v) is 6.35. The number of hydrogen-bond donors (Lipinski definition) is 2. The molecule has 5 rings (SSSR count). The quantitative estimate of drug-likeness (QED) is 0.129. The number of ketones is 2. The first kappa shape index (κ1) is 26.1. The molecule has 3 heterocycles. The van der Waals surface area contributed by atoms with Crippen LogP contribution in [-0.4, -0.2) is 70.9 Å². The number of methoxy groups -OCH3 is 4. The zero-order chi connectivity index (χ0) is 27.5. The number of allylic oxidation sites excluding steroid dienone is 2. The summed E-state index contributed by atoms with van der Waals surface area (Å²) in [4.78, 5) is 47.3. The lowest BCUT2D eigenvalue weighted by atomic mass is 9.83. The summed E-state index contributed by atoms with van der Waals surface area (Å²) >= 11 is 2.15. The van der Waals surface area contributed by atoms with E-state index < -0.39 is 9.51 Å². The SMILES string of the molecule is COC(=O)c1cc2c([nH]1)C(=O)C=C1C2[C@H](C)CN1[C@@](C)(I)C(=O)c1cc2cc(OC)c(OC)c(OC)c2[nH]1. The fraction of sp³-hybridized carbons (Fsp3) is 0.370. The number of nitrogens with one attached hydrogen (secondary N) is 2. The van der Waals surface area contributed by atoms with Crippen LogP contribution in [0.4, 0.5) is 0 Å². The monoisotopic (exact) mass is 633 g/mol. The van der Waals surface area contributed by atoms with Crippen LogP contribution in [0.15, 0.2) is 30.0 Å². The van der Waals surface area contributed by atoms with Crippen molar-refractivity contribution < 1.29 is 33.3 Å². The van der Waals surface area contributed by atoms with E-state index in [1.807, 2.05) is 11.8 Å². The molecule has 0 saturated carbocycles. The van der Waals surface area contributed by atoms with Gasteiger partial charge in [-0.15, -0.1) is 0 Å². The maximum absolute atomic E-state index is 14.0. The number of halogens is 1. The Bertz CT molecular complexity index is 1520. The first-order valence-electron chi connectivity index (χ1n) is 12.0. The molecule has 0 bridgehead atoms. The van der Waals surface area contributed by atoms with Gasteiger partial charge < -0.3 is 33.8 Å². The molecule has 1 unspecified atom stereocenters. The minimum absolute atomic E-state index is 0.0904. The van der Waals surface area contributed by atoms with Crippen molar-refractivity contribution >= 4 is 51.0 Å². The molecule has 1 fully saturated rings.